The second kappa shape index (κ2) is 6.25. The fourth-order valence-corrected chi connectivity index (χ4v) is 1.76. The Balaban J connectivity index is 1.94. The molecule has 2 aromatic rings. The number of nitrogens with two attached hydrogens (primary N) is 1. The molecule has 0 bridgehead atoms. The molecule has 20 heavy (non-hydrogen) atoms. The second-order valence-electron chi connectivity index (χ2n) is 4.15. The lowest BCUT2D eigenvalue weighted by Crippen LogP contribution is -2.20. The first kappa shape index (κ1) is 14.1. The molecular weight excluding hydrogens is 278 g/mol. The monoisotopic (exact) mass is 291 g/mol. The molecule has 1 amide bonds. The van der Waals surface area contributed by atoms with Gasteiger partial charge in [0.2, 0.25) is 0 Å². The Bertz CT molecular complexity index is 632. The highest BCUT2D eigenvalue weighted by Crippen LogP contribution is 2.21. The van der Waals surface area contributed by atoms with Gasteiger partial charge in [-0.25, -0.2) is 4.98 Å². The highest BCUT2D eigenvalue weighted by molar-refractivity contribution is 6.33. The van der Waals surface area contributed by atoms with Crippen molar-refractivity contribution in [1.82, 2.24) is 4.98 Å². The minimum atomic E-state index is -0.321. The smallest absolute Gasteiger partial charge is 0.262 e. The number of rotatable bonds is 4. The fourth-order valence-electron chi connectivity index (χ4n) is 1.58. The molecule has 1 aromatic carbocycles. The number of aryl methyl sites for hydroxylation is 1. The number of nitrogens with zero attached hydrogens (tertiary/aromatic N) is 1. The number of nitrogens with one attached hydrogen (secondary N) is 1. The SMILES string of the molecule is Cc1ccc(OCC(=O)Nc2ccccc2Cl)c(N)n1. The number of anilines is 2. The van der Waals surface area contributed by atoms with Crippen LogP contribution in [0.1, 0.15) is 5.69 Å². The summed E-state index contributed by atoms with van der Waals surface area (Å²) in [6.45, 7) is 1.66. The van der Waals surface area contributed by atoms with Gasteiger partial charge >= 0.3 is 0 Å². The van der Waals surface area contributed by atoms with Gasteiger partial charge in [0.25, 0.3) is 5.91 Å². The van der Waals surface area contributed by atoms with Crippen molar-refractivity contribution in [2.45, 2.75) is 6.92 Å². The summed E-state index contributed by atoms with van der Waals surface area (Å²) in [5, 5.41) is 3.12. The maximum absolute atomic E-state index is 11.8. The van der Waals surface area contributed by atoms with Gasteiger partial charge in [-0.2, -0.15) is 0 Å². The molecule has 1 aromatic heterocycles. The van der Waals surface area contributed by atoms with Crippen molar-refractivity contribution >= 4 is 29.0 Å². The third-order valence-corrected chi connectivity index (χ3v) is 2.86. The van der Waals surface area contributed by atoms with E-state index in [4.69, 9.17) is 22.1 Å². The molecule has 0 saturated heterocycles. The average molecular weight is 292 g/mol. The molecule has 6 heteroatoms. The summed E-state index contributed by atoms with van der Waals surface area (Å²) in [6.07, 6.45) is 0. The van der Waals surface area contributed by atoms with E-state index in [2.05, 4.69) is 10.3 Å². The van der Waals surface area contributed by atoms with Gasteiger partial charge in [0, 0.05) is 5.69 Å². The molecule has 2 rings (SSSR count). The van der Waals surface area contributed by atoms with Crippen molar-refractivity contribution < 1.29 is 9.53 Å². The number of carbonyl (C=O) groups excluding carboxylic acids is 1. The molecule has 0 saturated carbocycles. The summed E-state index contributed by atoms with van der Waals surface area (Å²) in [6, 6.07) is 10.4. The van der Waals surface area contributed by atoms with Crippen LogP contribution in [0, 0.1) is 6.92 Å². The molecule has 5 nitrogen and oxygen atoms in total. The molecule has 0 aliphatic heterocycles. The molecule has 0 unspecified atom stereocenters. The van der Waals surface area contributed by atoms with Crippen LogP contribution in [0.5, 0.6) is 5.75 Å². The van der Waals surface area contributed by atoms with Gasteiger partial charge in [0.05, 0.1) is 10.7 Å². The van der Waals surface area contributed by atoms with Crippen LogP contribution in [0.15, 0.2) is 36.4 Å². The third-order valence-electron chi connectivity index (χ3n) is 2.53. The van der Waals surface area contributed by atoms with Crippen molar-refractivity contribution in [3.8, 4) is 5.75 Å². The molecule has 0 fully saturated rings. The third kappa shape index (κ3) is 3.61. The van der Waals surface area contributed by atoms with E-state index in [1.807, 2.05) is 6.92 Å². The summed E-state index contributed by atoms with van der Waals surface area (Å²) in [4.78, 5) is 15.8. The van der Waals surface area contributed by atoms with E-state index >= 15 is 0 Å². The molecule has 0 aliphatic rings. The van der Waals surface area contributed by atoms with E-state index in [0.29, 0.717) is 16.5 Å². The molecular formula is C14H14ClN3O2. The average Bonchev–Trinajstić information content (AvgIpc) is 2.40. The van der Waals surface area contributed by atoms with Crippen LogP contribution >= 0.6 is 11.6 Å². The van der Waals surface area contributed by atoms with Crippen LogP contribution in [0.25, 0.3) is 0 Å². The van der Waals surface area contributed by atoms with Crippen LogP contribution in [-0.4, -0.2) is 17.5 Å². The Labute approximate surface area is 121 Å². The lowest BCUT2D eigenvalue weighted by Gasteiger charge is -2.10. The summed E-state index contributed by atoms with van der Waals surface area (Å²) in [5.74, 6) is 0.318. The lowest BCUT2D eigenvalue weighted by atomic mass is 10.3. The maximum Gasteiger partial charge on any atom is 0.262 e. The quantitative estimate of drug-likeness (QED) is 0.908. The standard InChI is InChI=1S/C14H14ClN3O2/c1-9-6-7-12(14(16)17-9)20-8-13(19)18-11-5-3-2-4-10(11)15/h2-7H,8H2,1H3,(H2,16,17)(H,18,19). The van der Waals surface area contributed by atoms with Crippen LogP contribution < -0.4 is 15.8 Å². The van der Waals surface area contributed by atoms with Crippen molar-refractivity contribution in [2.75, 3.05) is 17.7 Å². The van der Waals surface area contributed by atoms with Crippen LogP contribution in [0.4, 0.5) is 11.5 Å². The van der Waals surface area contributed by atoms with Gasteiger partial charge in [0.15, 0.2) is 18.2 Å². The highest BCUT2D eigenvalue weighted by atomic mass is 35.5. The molecule has 104 valence electrons. The molecule has 1 heterocycles. The van der Waals surface area contributed by atoms with E-state index in [9.17, 15) is 4.79 Å². The van der Waals surface area contributed by atoms with Crippen molar-refractivity contribution in [2.24, 2.45) is 0 Å². The highest BCUT2D eigenvalue weighted by Gasteiger charge is 2.08. The number of para-hydroxylation sites is 1. The second-order valence-corrected chi connectivity index (χ2v) is 4.56. The van der Waals surface area contributed by atoms with Crippen molar-refractivity contribution in [3.05, 3.63) is 47.1 Å². The first-order valence-corrected chi connectivity index (χ1v) is 6.34. The Morgan fingerprint density at radius 1 is 1.35 bits per heavy atom. The van der Waals surface area contributed by atoms with Crippen molar-refractivity contribution in [3.63, 3.8) is 0 Å². The van der Waals surface area contributed by atoms with Crippen LogP contribution in [-0.2, 0) is 4.79 Å². The number of carbonyl (C=O) groups is 1. The van der Waals surface area contributed by atoms with E-state index < -0.39 is 0 Å². The summed E-state index contributed by atoms with van der Waals surface area (Å²) in [7, 11) is 0. The van der Waals surface area contributed by atoms with Gasteiger partial charge in [-0.05, 0) is 31.2 Å². The minimum absolute atomic E-state index is 0.167. The molecule has 0 aliphatic carbocycles. The minimum Gasteiger partial charge on any atom is -0.480 e. The zero-order valence-corrected chi connectivity index (χ0v) is 11.6. The van der Waals surface area contributed by atoms with E-state index in [1.165, 1.54) is 0 Å². The summed E-state index contributed by atoms with van der Waals surface area (Å²) >= 11 is 5.94. The normalized spacial score (nSPS) is 10.1. The van der Waals surface area contributed by atoms with Gasteiger partial charge in [-0.15, -0.1) is 0 Å². The molecule has 0 spiro atoms. The van der Waals surface area contributed by atoms with E-state index in [0.717, 1.165) is 5.69 Å². The van der Waals surface area contributed by atoms with E-state index in [-0.39, 0.29) is 18.3 Å². The van der Waals surface area contributed by atoms with Crippen LogP contribution in [0.3, 0.4) is 0 Å². The Hall–Kier alpha value is -2.27. The van der Waals surface area contributed by atoms with Gasteiger partial charge in [-0.3, -0.25) is 4.79 Å². The Morgan fingerprint density at radius 2 is 2.10 bits per heavy atom. The first-order chi connectivity index (χ1) is 9.56. The van der Waals surface area contributed by atoms with Crippen molar-refractivity contribution in [1.29, 1.82) is 0 Å². The number of nitrogen functional groups attached to an aromatic ring is 1. The number of hydrogen-bond donors (Lipinski definition) is 2. The molecule has 0 atom stereocenters. The fraction of sp³-hybridized carbons (Fsp3) is 0.143. The number of amides is 1. The first-order valence-electron chi connectivity index (χ1n) is 5.96. The van der Waals surface area contributed by atoms with Gasteiger partial charge in [-0.1, -0.05) is 23.7 Å². The van der Waals surface area contributed by atoms with Crippen LogP contribution in [0.2, 0.25) is 5.02 Å². The number of pyridine rings is 1. The number of aromatic nitrogens is 1. The largest absolute Gasteiger partial charge is 0.480 e. The summed E-state index contributed by atoms with van der Waals surface area (Å²) < 4.78 is 5.32. The Kier molecular flexibility index (Phi) is 4.42. The Morgan fingerprint density at radius 3 is 2.80 bits per heavy atom. The van der Waals surface area contributed by atoms with E-state index in [1.54, 1.807) is 36.4 Å². The topological polar surface area (TPSA) is 77.2 Å². The molecule has 3 N–H and O–H groups in total. The number of hydrogen-bond acceptors (Lipinski definition) is 4. The lowest BCUT2D eigenvalue weighted by molar-refractivity contribution is -0.118. The maximum atomic E-state index is 11.8. The van der Waals surface area contributed by atoms with Gasteiger partial charge in [0.1, 0.15) is 0 Å². The predicted octanol–water partition coefficient (Wildman–Crippen LogP) is 2.64. The molecule has 0 radical (unpaired) electrons. The summed E-state index contributed by atoms with van der Waals surface area (Å²) in [5.41, 5.74) is 7.02. The zero-order valence-electron chi connectivity index (χ0n) is 10.9. The number of benzene rings is 1. The predicted molar refractivity (Wildman–Crippen MR) is 79.0 cm³/mol. The number of halogens is 1. The number of ether oxygens (including phenoxy) is 1. The van der Waals surface area contributed by atoms with Gasteiger partial charge < -0.3 is 15.8 Å². The zero-order chi connectivity index (χ0) is 14.5.